The smallest absolute Gasteiger partial charge is 0.275 e. The summed E-state index contributed by atoms with van der Waals surface area (Å²) in [5.74, 6) is 2.03. The maximum Gasteiger partial charge on any atom is 0.275 e. The number of carbonyl (C=O) groups is 1. The quantitative estimate of drug-likeness (QED) is 0.830. The summed E-state index contributed by atoms with van der Waals surface area (Å²) in [4.78, 5) is 15.9. The van der Waals surface area contributed by atoms with Crippen LogP contribution in [0.2, 0.25) is 0 Å². The van der Waals surface area contributed by atoms with E-state index in [9.17, 15) is 13.6 Å². The van der Waals surface area contributed by atoms with Crippen LogP contribution in [0, 0.1) is 23.5 Å². The molecule has 2 aromatic rings. The molecule has 0 bridgehead atoms. The Morgan fingerprint density at radius 3 is 2.86 bits per heavy atom. The zero-order valence-electron chi connectivity index (χ0n) is 10.7. The first kappa shape index (κ1) is 14.6. The number of nitrogens with zero attached hydrogens (tertiary/aromatic N) is 1. The van der Waals surface area contributed by atoms with Crippen molar-refractivity contribution in [1.82, 2.24) is 4.98 Å². The van der Waals surface area contributed by atoms with E-state index in [1.807, 2.05) is 0 Å². The van der Waals surface area contributed by atoms with Gasteiger partial charge in [0.25, 0.3) is 5.91 Å². The second kappa shape index (κ2) is 6.59. The molecule has 0 unspecified atom stereocenters. The highest BCUT2D eigenvalue weighted by Gasteiger charge is 2.15. The van der Waals surface area contributed by atoms with Crippen molar-refractivity contribution in [3.8, 4) is 11.8 Å². The molecule has 1 aromatic heterocycles. The number of aliphatic hydroxyl groups excluding tert-OH is 1. The molecule has 0 atom stereocenters. The van der Waals surface area contributed by atoms with E-state index in [0.29, 0.717) is 0 Å². The van der Waals surface area contributed by atoms with Crippen molar-refractivity contribution in [1.29, 1.82) is 0 Å². The first-order valence-corrected chi connectivity index (χ1v) is 5.93. The van der Waals surface area contributed by atoms with Crippen LogP contribution in [0.1, 0.15) is 16.1 Å². The summed E-state index contributed by atoms with van der Waals surface area (Å²) in [6, 6.07) is 6.56. The first-order chi connectivity index (χ1) is 10.1. The number of carbonyl (C=O) groups excluding carboxylic acids is 1. The van der Waals surface area contributed by atoms with Crippen LogP contribution in [0.15, 0.2) is 36.5 Å². The largest absolute Gasteiger partial charge is 0.384 e. The summed E-state index contributed by atoms with van der Waals surface area (Å²) < 4.78 is 26.6. The Morgan fingerprint density at radius 1 is 1.29 bits per heavy atom. The van der Waals surface area contributed by atoms with E-state index in [1.165, 1.54) is 24.4 Å². The maximum atomic E-state index is 13.5. The lowest BCUT2D eigenvalue weighted by Gasteiger charge is -2.07. The number of rotatable bonds is 2. The zero-order chi connectivity index (χ0) is 15.2. The number of anilines is 1. The van der Waals surface area contributed by atoms with E-state index in [0.717, 1.165) is 6.07 Å². The van der Waals surface area contributed by atoms with E-state index < -0.39 is 17.5 Å². The monoisotopic (exact) mass is 288 g/mol. The number of nitrogens with one attached hydrogen (secondary N) is 1. The molecule has 0 aliphatic rings. The van der Waals surface area contributed by atoms with Crippen molar-refractivity contribution in [2.75, 3.05) is 11.9 Å². The molecule has 0 fully saturated rings. The summed E-state index contributed by atoms with van der Waals surface area (Å²) >= 11 is 0. The van der Waals surface area contributed by atoms with Gasteiger partial charge in [-0.1, -0.05) is 17.9 Å². The van der Waals surface area contributed by atoms with Crippen molar-refractivity contribution in [3.05, 3.63) is 59.4 Å². The van der Waals surface area contributed by atoms with Crippen molar-refractivity contribution in [2.24, 2.45) is 0 Å². The predicted octanol–water partition coefficient (Wildman–Crippen LogP) is 1.96. The van der Waals surface area contributed by atoms with Crippen molar-refractivity contribution >= 4 is 11.6 Å². The lowest BCUT2D eigenvalue weighted by Crippen LogP contribution is -2.16. The molecule has 4 nitrogen and oxygen atoms in total. The summed E-state index contributed by atoms with van der Waals surface area (Å²) in [7, 11) is 0. The average molecular weight is 288 g/mol. The van der Waals surface area contributed by atoms with Crippen molar-refractivity contribution in [2.45, 2.75) is 0 Å². The summed E-state index contributed by atoms with van der Waals surface area (Å²) in [6.45, 7) is -0.367. The molecule has 21 heavy (non-hydrogen) atoms. The predicted molar refractivity (Wildman–Crippen MR) is 72.5 cm³/mol. The standard InChI is InChI=1S/C15H10F2N2O2/c16-11-6-1-7-12(13(11)17)19-15(21)14-10(5-3-9-20)4-2-8-18-14/h1-2,4,6-8,20H,9H2,(H,19,21). The number of aromatic nitrogens is 1. The van der Waals surface area contributed by atoms with Gasteiger partial charge in [-0.25, -0.2) is 13.8 Å². The third kappa shape index (κ3) is 3.41. The molecule has 0 aliphatic carbocycles. The van der Waals surface area contributed by atoms with Crippen LogP contribution in [0.25, 0.3) is 0 Å². The van der Waals surface area contributed by atoms with Crippen LogP contribution in [0.4, 0.5) is 14.5 Å². The van der Waals surface area contributed by atoms with Crippen LogP contribution in [0.3, 0.4) is 0 Å². The van der Waals surface area contributed by atoms with Gasteiger partial charge in [-0.15, -0.1) is 0 Å². The molecule has 0 radical (unpaired) electrons. The fourth-order valence-corrected chi connectivity index (χ4v) is 1.60. The molecule has 6 heteroatoms. The van der Waals surface area contributed by atoms with Gasteiger partial charge in [0.15, 0.2) is 11.6 Å². The van der Waals surface area contributed by atoms with E-state index in [1.54, 1.807) is 6.07 Å². The fraction of sp³-hybridized carbons (Fsp3) is 0.0667. The Morgan fingerprint density at radius 2 is 2.10 bits per heavy atom. The lowest BCUT2D eigenvalue weighted by molar-refractivity contribution is 0.102. The number of benzene rings is 1. The molecule has 1 heterocycles. The lowest BCUT2D eigenvalue weighted by atomic mass is 10.2. The molecule has 2 rings (SSSR count). The van der Waals surface area contributed by atoms with E-state index in [-0.39, 0.29) is 23.6 Å². The van der Waals surface area contributed by atoms with Crippen molar-refractivity contribution in [3.63, 3.8) is 0 Å². The first-order valence-electron chi connectivity index (χ1n) is 5.93. The van der Waals surface area contributed by atoms with Gasteiger partial charge in [-0.3, -0.25) is 4.79 Å². The second-order valence-electron chi connectivity index (χ2n) is 3.91. The van der Waals surface area contributed by atoms with Gasteiger partial charge in [-0.2, -0.15) is 0 Å². The fourth-order valence-electron chi connectivity index (χ4n) is 1.60. The number of amides is 1. The summed E-state index contributed by atoms with van der Waals surface area (Å²) in [5.41, 5.74) is -0.0466. The van der Waals surface area contributed by atoms with E-state index >= 15 is 0 Å². The van der Waals surface area contributed by atoms with Gasteiger partial charge in [0.1, 0.15) is 12.3 Å². The second-order valence-corrected chi connectivity index (χ2v) is 3.91. The third-order valence-corrected chi connectivity index (χ3v) is 2.52. The minimum absolute atomic E-state index is 0.0397. The highest BCUT2D eigenvalue weighted by atomic mass is 19.2. The molecule has 0 aliphatic heterocycles. The highest BCUT2D eigenvalue weighted by Crippen LogP contribution is 2.17. The number of aliphatic hydroxyl groups is 1. The van der Waals surface area contributed by atoms with Gasteiger partial charge in [0.2, 0.25) is 0 Å². The topological polar surface area (TPSA) is 62.2 Å². The molecule has 0 saturated carbocycles. The van der Waals surface area contributed by atoms with Gasteiger partial charge in [0.05, 0.1) is 11.3 Å². The van der Waals surface area contributed by atoms with Gasteiger partial charge in [0, 0.05) is 6.20 Å². The molecular formula is C15H10F2N2O2. The molecule has 0 spiro atoms. The molecule has 0 saturated heterocycles. The minimum Gasteiger partial charge on any atom is -0.384 e. The summed E-state index contributed by atoms with van der Waals surface area (Å²) in [6.07, 6.45) is 1.38. The van der Waals surface area contributed by atoms with Crippen LogP contribution in [0.5, 0.6) is 0 Å². The third-order valence-electron chi connectivity index (χ3n) is 2.52. The number of halogens is 2. The van der Waals surface area contributed by atoms with E-state index in [4.69, 9.17) is 5.11 Å². The van der Waals surface area contributed by atoms with E-state index in [2.05, 4.69) is 22.1 Å². The van der Waals surface area contributed by atoms with Gasteiger partial charge >= 0.3 is 0 Å². The number of hydrogen-bond acceptors (Lipinski definition) is 3. The van der Waals surface area contributed by atoms with Crippen molar-refractivity contribution < 1.29 is 18.7 Å². The Labute approximate surface area is 119 Å². The number of hydrogen-bond donors (Lipinski definition) is 2. The summed E-state index contributed by atoms with van der Waals surface area (Å²) in [5, 5.41) is 10.9. The molecular weight excluding hydrogens is 278 g/mol. The average Bonchev–Trinajstić information content (AvgIpc) is 2.50. The Hall–Kier alpha value is -2.78. The minimum atomic E-state index is -1.15. The Bertz CT molecular complexity index is 736. The Balaban J connectivity index is 2.31. The zero-order valence-corrected chi connectivity index (χ0v) is 10.7. The normalized spacial score (nSPS) is 9.67. The molecule has 2 N–H and O–H groups in total. The highest BCUT2D eigenvalue weighted by molar-refractivity contribution is 6.04. The SMILES string of the molecule is O=C(Nc1cccc(F)c1F)c1ncccc1C#CCO. The van der Waals surface area contributed by atoms with Crippen LogP contribution < -0.4 is 5.32 Å². The van der Waals surface area contributed by atoms with Crippen LogP contribution >= 0.6 is 0 Å². The number of pyridine rings is 1. The maximum absolute atomic E-state index is 13.5. The molecule has 106 valence electrons. The van der Waals surface area contributed by atoms with Gasteiger partial charge < -0.3 is 10.4 Å². The molecule has 1 amide bonds. The molecule has 1 aromatic carbocycles. The Kier molecular flexibility index (Phi) is 4.59. The van der Waals surface area contributed by atoms with Crippen LogP contribution in [-0.2, 0) is 0 Å². The van der Waals surface area contributed by atoms with Crippen LogP contribution in [-0.4, -0.2) is 22.6 Å². The van der Waals surface area contributed by atoms with Gasteiger partial charge in [-0.05, 0) is 24.3 Å².